The first-order valence-electron chi connectivity index (χ1n) is 7.35. The van der Waals surface area contributed by atoms with Gasteiger partial charge in [-0.3, -0.25) is 4.79 Å². The molecule has 0 heterocycles. The SMILES string of the molecule is CC1CCCC(O)(CNC(=O)CSc2ccccc2Cl)C1. The van der Waals surface area contributed by atoms with Crippen molar-refractivity contribution in [3.05, 3.63) is 29.3 Å². The normalized spacial score (nSPS) is 25.6. The molecular weight excluding hydrogens is 306 g/mol. The zero-order valence-electron chi connectivity index (χ0n) is 12.3. The van der Waals surface area contributed by atoms with E-state index in [9.17, 15) is 9.90 Å². The lowest BCUT2D eigenvalue weighted by atomic mass is 9.79. The summed E-state index contributed by atoms with van der Waals surface area (Å²) in [6, 6.07) is 7.48. The van der Waals surface area contributed by atoms with Crippen LogP contribution in [0.15, 0.2) is 29.2 Å². The Morgan fingerprint density at radius 3 is 3.00 bits per heavy atom. The Kier molecular flexibility index (Phi) is 5.97. The van der Waals surface area contributed by atoms with E-state index in [1.807, 2.05) is 24.3 Å². The van der Waals surface area contributed by atoms with Crippen LogP contribution in [0.4, 0.5) is 0 Å². The average Bonchev–Trinajstić information content (AvgIpc) is 2.44. The molecular formula is C16H22ClNO2S. The molecule has 1 fully saturated rings. The van der Waals surface area contributed by atoms with Crippen molar-refractivity contribution in [2.75, 3.05) is 12.3 Å². The van der Waals surface area contributed by atoms with Gasteiger partial charge in [-0.1, -0.05) is 43.5 Å². The second-order valence-electron chi connectivity index (χ2n) is 5.92. The highest BCUT2D eigenvalue weighted by Gasteiger charge is 2.32. The molecule has 1 amide bonds. The van der Waals surface area contributed by atoms with Gasteiger partial charge in [-0.05, 0) is 30.9 Å². The van der Waals surface area contributed by atoms with Gasteiger partial charge in [0.15, 0.2) is 0 Å². The first-order chi connectivity index (χ1) is 9.98. The third-order valence-electron chi connectivity index (χ3n) is 3.88. The lowest BCUT2D eigenvalue weighted by Gasteiger charge is -2.35. The zero-order chi connectivity index (χ0) is 15.3. The number of hydrogen-bond donors (Lipinski definition) is 2. The quantitative estimate of drug-likeness (QED) is 0.814. The Balaban J connectivity index is 1.76. The molecule has 2 unspecified atom stereocenters. The van der Waals surface area contributed by atoms with E-state index in [1.165, 1.54) is 18.2 Å². The summed E-state index contributed by atoms with van der Waals surface area (Å²) in [6.07, 6.45) is 3.74. The van der Waals surface area contributed by atoms with E-state index in [0.717, 1.165) is 24.2 Å². The van der Waals surface area contributed by atoms with Crippen molar-refractivity contribution in [1.82, 2.24) is 5.32 Å². The predicted molar refractivity (Wildman–Crippen MR) is 87.8 cm³/mol. The van der Waals surface area contributed by atoms with Crippen LogP contribution in [-0.2, 0) is 4.79 Å². The molecule has 1 aromatic carbocycles. The third kappa shape index (κ3) is 5.20. The highest BCUT2D eigenvalue weighted by Crippen LogP contribution is 2.31. The van der Waals surface area contributed by atoms with Crippen LogP contribution in [0.25, 0.3) is 0 Å². The number of nitrogens with one attached hydrogen (secondary N) is 1. The molecule has 1 aromatic rings. The highest BCUT2D eigenvalue weighted by atomic mass is 35.5. The zero-order valence-corrected chi connectivity index (χ0v) is 13.8. The summed E-state index contributed by atoms with van der Waals surface area (Å²) in [6.45, 7) is 2.50. The summed E-state index contributed by atoms with van der Waals surface area (Å²) in [5.74, 6) is 0.778. The number of hydrogen-bond acceptors (Lipinski definition) is 3. The number of rotatable bonds is 5. The maximum Gasteiger partial charge on any atom is 0.230 e. The van der Waals surface area contributed by atoms with Crippen molar-refractivity contribution in [3.63, 3.8) is 0 Å². The Morgan fingerprint density at radius 1 is 1.52 bits per heavy atom. The second kappa shape index (κ2) is 7.52. The van der Waals surface area contributed by atoms with Gasteiger partial charge in [0, 0.05) is 11.4 Å². The molecule has 1 aliphatic rings. The number of carbonyl (C=O) groups is 1. The average molecular weight is 328 g/mol. The number of thioether (sulfide) groups is 1. The van der Waals surface area contributed by atoms with E-state index < -0.39 is 5.60 Å². The van der Waals surface area contributed by atoms with Gasteiger partial charge in [0.25, 0.3) is 0 Å². The van der Waals surface area contributed by atoms with Gasteiger partial charge in [0.05, 0.1) is 16.4 Å². The van der Waals surface area contributed by atoms with Crippen molar-refractivity contribution in [1.29, 1.82) is 0 Å². The molecule has 0 saturated heterocycles. The van der Waals surface area contributed by atoms with Crippen molar-refractivity contribution in [2.24, 2.45) is 5.92 Å². The largest absolute Gasteiger partial charge is 0.388 e. The smallest absolute Gasteiger partial charge is 0.230 e. The fourth-order valence-electron chi connectivity index (χ4n) is 2.81. The van der Waals surface area contributed by atoms with Crippen LogP contribution in [0.3, 0.4) is 0 Å². The topological polar surface area (TPSA) is 49.3 Å². The molecule has 1 saturated carbocycles. The maximum atomic E-state index is 11.9. The Hall–Kier alpha value is -0.710. The van der Waals surface area contributed by atoms with Crippen LogP contribution < -0.4 is 5.32 Å². The van der Waals surface area contributed by atoms with E-state index in [0.29, 0.717) is 23.2 Å². The molecule has 0 bridgehead atoms. The lowest BCUT2D eigenvalue weighted by Crippen LogP contribution is -2.46. The third-order valence-corrected chi connectivity index (χ3v) is 5.39. The molecule has 2 rings (SSSR count). The predicted octanol–water partition coefficient (Wildman–Crippen LogP) is 3.49. The highest BCUT2D eigenvalue weighted by molar-refractivity contribution is 8.00. The Labute approximate surface area is 135 Å². The molecule has 116 valence electrons. The van der Waals surface area contributed by atoms with Crippen LogP contribution in [0, 0.1) is 5.92 Å². The molecule has 0 radical (unpaired) electrons. The van der Waals surface area contributed by atoms with Crippen LogP contribution in [0.5, 0.6) is 0 Å². The van der Waals surface area contributed by atoms with Crippen molar-refractivity contribution in [3.8, 4) is 0 Å². The number of carbonyl (C=O) groups excluding carboxylic acids is 1. The first kappa shape index (κ1) is 16.7. The molecule has 0 aromatic heterocycles. The van der Waals surface area contributed by atoms with Crippen molar-refractivity contribution >= 4 is 29.3 Å². The number of benzene rings is 1. The minimum absolute atomic E-state index is 0.0634. The first-order valence-corrected chi connectivity index (χ1v) is 8.71. The standard InChI is InChI=1S/C16H22ClNO2S/c1-12-5-4-8-16(20,9-12)11-18-15(19)10-21-14-7-3-2-6-13(14)17/h2-3,6-7,12,20H,4-5,8-11H2,1H3,(H,18,19). The van der Waals surface area contributed by atoms with Gasteiger partial charge in [-0.2, -0.15) is 0 Å². The van der Waals surface area contributed by atoms with Gasteiger partial charge in [-0.15, -0.1) is 11.8 Å². The van der Waals surface area contributed by atoms with Gasteiger partial charge in [0.1, 0.15) is 0 Å². The number of halogens is 1. The van der Waals surface area contributed by atoms with Gasteiger partial charge in [0.2, 0.25) is 5.91 Å². The molecule has 0 spiro atoms. The van der Waals surface area contributed by atoms with Crippen molar-refractivity contribution in [2.45, 2.75) is 43.1 Å². The van der Waals surface area contributed by atoms with Gasteiger partial charge >= 0.3 is 0 Å². The molecule has 3 nitrogen and oxygen atoms in total. The summed E-state index contributed by atoms with van der Waals surface area (Å²) in [5.41, 5.74) is -0.734. The molecule has 0 aliphatic heterocycles. The lowest BCUT2D eigenvalue weighted by molar-refractivity contribution is -0.120. The summed E-state index contributed by atoms with van der Waals surface area (Å²) >= 11 is 7.47. The van der Waals surface area contributed by atoms with E-state index in [2.05, 4.69) is 12.2 Å². The van der Waals surface area contributed by atoms with Crippen LogP contribution >= 0.6 is 23.4 Å². The molecule has 1 aliphatic carbocycles. The Morgan fingerprint density at radius 2 is 2.29 bits per heavy atom. The van der Waals surface area contributed by atoms with Crippen LogP contribution in [-0.4, -0.2) is 28.9 Å². The fourth-order valence-corrected chi connectivity index (χ4v) is 3.88. The second-order valence-corrected chi connectivity index (χ2v) is 7.35. The Bertz CT molecular complexity index is 497. The van der Waals surface area contributed by atoms with E-state index in [4.69, 9.17) is 11.6 Å². The van der Waals surface area contributed by atoms with E-state index >= 15 is 0 Å². The summed E-state index contributed by atoms with van der Waals surface area (Å²) < 4.78 is 0. The molecule has 2 N–H and O–H groups in total. The fraction of sp³-hybridized carbons (Fsp3) is 0.562. The summed E-state index contributed by atoms with van der Waals surface area (Å²) in [5, 5.41) is 14.0. The van der Waals surface area contributed by atoms with E-state index in [1.54, 1.807) is 0 Å². The van der Waals surface area contributed by atoms with Crippen LogP contribution in [0.1, 0.15) is 32.6 Å². The maximum absolute atomic E-state index is 11.9. The van der Waals surface area contributed by atoms with Gasteiger partial charge < -0.3 is 10.4 Å². The molecule has 2 atom stereocenters. The summed E-state index contributed by atoms with van der Waals surface area (Å²) in [7, 11) is 0. The molecule has 21 heavy (non-hydrogen) atoms. The molecule has 5 heteroatoms. The number of amides is 1. The minimum Gasteiger partial charge on any atom is -0.388 e. The van der Waals surface area contributed by atoms with Crippen molar-refractivity contribution < 1.29 is 9.90 Å². The van der Waals surface area contributed by atoms with E-state index in [-0.39, 0.29) is 5.91 Å². The summed E-state index contributed by atoms with van der Waals surface area (Å²) in [4.78, 5) is 12.8. The minimum atomic E-state index is -0.734. The number of aliphatic hydroxyl groups is 1. The van der Waals surface area contributed by atoms with Gasteiger partial charge in [-0.25, -0.2) is 0 Å². The van der Waals surface area contributed by atoms with Crippen LogP contribution in [0.2, 0.25) is 5.02 Å². The monoisotopic (exact) mass is 327 g/mol.